The highest BCUT2D eigenvalue weighted by Crippen LogP contribution is 2.41. The van der Waals surface area contributed by atoms with Gasteiger partial charge in [-0.15, -0.1) is 0 Å². The molecule has 0 fully saturated rings. The van der Waals surface area contributed by atoms with E-state index in [2.05, 4.69) is 5.10 Å². The summed E-state index contributed by atoms with van der Waals surface area (Å²) in [6, 6.07) is 13.9. The standard InChI is InChI=1S/C20H16F3N3O4/c1-29-15-7-4-6-13(9-15)16-10-19(28,20(21,22)23)26(25-16)18(27)12-30-17-8-3-2-5-14(17)11-24/h2-9,28H,10,12H2,1H3/t19-/m1/s1. The Morgan fingerprint density at radius 3 is 2.70 bits per heavy atom. The SMILES string of the molecule is COc1cccc(C2=NN(C(=O)COc3ccccc3C#N)[C@](O)(C(F)(F)F)C2)c1. The van der Waals surface area contributed by atoms with Gasteiger partial charge in [0.05, 0.1) is 24.8 Å². The molecular weight excluding hydrogens is 403 g/mol. The van der Waals surface area contributed by atoms with Gasteiger partial charge in [-0.3, -0.25) is 4.79 Å². The van der Waals surface area contributed by atoms with Crippen LogP contribution in [0.15, 0.2) is 53.6 Å². The summed E-state index contributed by atoms with van der Waals surface area (Å²) < 4.78 is 51.2. The van der Waals surface area contributed by atoms with Gasteiger partial charge in [-0.25, -0.2) is 0 Å². The number of para-hydroxylation sites is 1. The van der Waals surface area contributed by atoms with E-state index in [4.69, 9.17) is 14.7 Å². The zero-order chi connectivity index (χ0) is 21.9. The lowest BCUT2D eigenvalue weighted by Crippen LogP contribution is -2.57. The Morgan fingerprint density at radius 2 is 2.03 bits per heavy atom. The second-order valence-electron chi connectivity index (χ2n) is 6.37. The fourth-order valence-corrected chi connectivity index (χ4v) is 2.88. The first-order valence-electron chi connectivity index (χ1n) is 8.65. The Hall–Kier alpha value is -3.58. The van der Waals surface area contributed by atoms with Gasteiger partial charge < -0.3 is 14.6 Å². The Morgan fingerprint density at radius 1 is 1.30 bits per heavy atom. The maximum atomic E-state index is 13.6. The van der Waals surface area contributed by atoms with Gasteiger partial charge >= 0.3 is 6.18 Å². The molecule has 3 rings (SSSR count). The molecule has 1 aliphatic heterocycles. The van der Waals surface area contributed by atoms with E-state index in [0.29, 0.717) is 5.75 Å². The van der Waals surface area contributed by atoms with Crippen molar-refractivity contribution in [3.8, 4) is 17.6 Å². The molecule has 30 heavy (non-hydrogen) atoms. The smallest absolute Gasteiger partial charge is 0.438 e. The van der Waals surface area contributed by atoms with Gasteiger partial charge in [0.2, 0.25) is 0 Å². The molecule has 0 aromatic heterocycles. The number of ether oxygens (including phenoxy) is 2. The Bertz CT molecular complexity index is 1030. The third-order valence-corrected chi connectivity index (χ3v) is 4.44. The van der Waals surface area contributed by atoms with Crippen LogP contribution in [0.1, 0.15) is 17.5 Å². The Balaban J connectivity index is 1.89. The minimum absolute atomic E-state index is 0.0171. The predicted octanol–water partition coefficient (Wildman–Crippen LogP) is 2.83. The molecule has 2 aromatic carbocycles. The fourth-order valence-electron chi connectivity index (χ4n) is 2.88. The largest absolute Gasteiger partial charge is 0.497 e. The molecule has 1 N–H and O–H groups in total. The molecule has 0 aliphatic carbocycles. The topological polar surface area (TPSA) is 95.1 Å². The first-order valence-corrected chi connectivity index (χ1v) is 8.65. The van der Waals surface area contributed by atoms with E-state index >= 15 is 0 Å². The molecule has 0 spiro atoms. The summed E-state index contributed by atoms with van der Waals surface area (Å²) in [4.78, 5) is 12.5. The number of rotatable bonds is 5. The quantitative estimate of drug-likeness (QED) is 0.804. The second-order valence-corrected chi connectivity index (χ2v) is 6.37. The van der Waals surface area contributed by atoms with Crippen LogP contribution in [0.4, 0.5) is 13.2 Å². The number of hydrazone groups is 1. The lowest BCUT2D eigenvalue weighted by atomic mass is 10.0. The van der Waals surface area contributed by atoms with Crippen molar-refractivity contribution < 1.29 is 32.5 Å². The van der Waals surface area contributed by atoms with Crippen LogP contribution in [-0.4, -0.2) is 47.4 Å². The predicted molar refractivity (Wildman–Crippen MR) is 98.7 cm³/mol. The number of benzene rings is 2. The summed E-state index contributed by atoms with van der Waals surface area (Å²) in [5.41, 5.74) is -3.29. The summed E-state index contributed by atoms with van der Waals surface area (Å²) in [5, 5.41) is 23.1. The molecule has 1 amide bonds. The van der Waals surface area contributed by atoms with Crippen molar-refractivity contribution in [2.45, 2.75) is 18.3 Å². The highest BCUT2D eigenvalue weighted by atomic mass is 19.4. The van der Waals surface area contributed by atoms with Crippen LogP contribution in [0.3, 0.4) is 0 Å². The number of carbonyl (C=O) groups is 1. The van der Waals surface area contributed by atoms with Gasteiger partial charge in [0.25, 0.3) is 11.6 Å². The highest BCUT2D eigenvalue weighted by molar-refractivity contribution is 6.03. The number of methoxy groups -OCH3 is 1. The second kappa shape index (κ2) is 8.04. The van der Waals surface area contributed by atoms with E-state index in [1.165, 1.54) is 31.4 Å². The maximum absolute atomic E-state index is 13.6. The van der Waals surface area contributed by atoms with Crippen molar-refractivity contribution in [1.82, 2.24) is 5.01 Å². The average molecular weight is 419 g/mol. The van der Waals surface area contributed by atoms with Gasteiger partial charge in [0.1, 0.15) is 17.6 Å². The van der Waals surface area contributed by atoms with Crippen molar-refractivity contribution in [2.75, 3.05) is 13.7 Å². The molecule has 0 saturated carbocycles. The van der Waals surface area contributed by atoms with Crippen LogP contribution in [-0.2, 0) is 4.79 Å². The van der Waals surface area contributed by atoms with Crippen LogP contribution < -0.4 is 9.47 Å². The molecule has 7 nitrogen and oxygen atoms in total. The van der Waals surface area contributed by atoms with Gasteiger partial charge in [-0.05, 0) is 24.3 Å². The van der Waals surface area contributed by atoms with Crippen LogP contribution >= 0.6 is 0 Å². The molecule has 1 heterocycles. The minimum atomic E-state index is -5.17. The molecule has 156 valence electrons. The minimum Gasteiger partial charge on any atom is -0.497 e. The third-order valence-electron chi connectivity index (χ3n) is 4.44. The van der Waals surface area contributed by atoms with Crippen molar-refractivity contribution in [3.05, 3.63) is 59.7 Å². The summed E-state index contributed by atoms with van der Waals surface area (Å²) in [5.74, 6) is -0.812. The summed E-state index contributed by atoms with van der Waals surface area (Å²) >= 11 is 0. The first kappa shape index (κ1) is 21.1. The molecule has 0 unspecified atom stereocenters. The van der Waals surface area contributed by atoms with Crippen LogP contribution in [0.2, 0.25) is 0 Å². The number of aliphatic hydroxyl groups is 1. The molecule has 0 saturated heterocycles. The summed E-state index contributed by atoms with van der Waals surface area (Å²) in [7, 11) is 1.40. The number of halogens is 3. The number of hydrogen-bond donors (Lipinski definition) is 1. The van der Waals surface area contributed by atoms with Gasteiger partial charge in [0.15, 0.2) is 6.61 Å². The number of carbonyl (C=O) groups excluding carboxylic acids is 1. The number of nitrogens with zero attached hydrogens (tertiary/aromatic N) is 3. The third kappa shape index (κ3) is 3.92. The molecule has 1 aliphatic rings. The number of amides is 1. The van der Waals surface area contributed by atoms with E-state index in [-0.39, 0.29) is 27.6 Å². The summed E-state index contributed by atoms with van der Waals surface area (Å²) in [6.07, 6.45) is -6.12. The van der Waals surface area contributed by atoms with E-state index < -0.39 is 30.8 Å². The van der Waals surface area contributed by atoms with Gasteiger partial charge in [-0.1, -0.05) is 24.3 Å². The lowest BCUT2D eigenvalue weighted by Gasteiger charge is -2.32. The van der Waals surface area contributed by atoms with Crippen molar-refractivity contribution in [3.63, 3.8) is 0 Å². The summed E-state index contributed by atoms with van der Waals surface area (Å²) in [6.45, 7) is -0.855. The first-order chi connectivity index (χ1) is 14.2. The maximum Gasteiger partial charge on any atom is 0.438 e. The van der Waals surface area contributed by atoms with Crippen molar-refractivity contribution >= 4 is 11.6 Å². The van der Waals surface area contributed by atoms with Crippen LogP contribution in [0, 0.1) is 11.3 Å². The number of alkyl halides is 3. The van der Waals surface area contributed by atoms with Crippen molar-refractivity contribution in [2.24, 2.45) is 5.10 Å². The van der Waals surface area contributed by atoms with Gasteiger partial charge in [0, 0.05) is 5.56 Å². The van der Waals surface area contributed by atoms with Crippen molar-refractivity contribution in [1.29, 1.82) is 5.26 Å². The molecule has 0 radical (unpaired) electrons. The van der Waals surface area contributed by atoms with E-state index in [9.17, 15) is 23.1 Å². The fraction of sp³-hybridized carbons (Fsp3) is 0.250. The van der Waals surface area contributed by atoms with Gasteiger partial charge in [-0.2, -0.15) is 28.5 Å². The van der Waals surface area contributed by atoms with E-state index in [1.807, 2.05) is 6.07 Å². The van der Waals surface area contributed by atoms with E-state index in [0.717, 1.165) is 0 Å². The zero-order valence-corrected chi connectivity index (χ0v) is 15.7. The van der Waals surface area contributed by atoms with Crippen LogP contribution in [0.5, 0.6) is 11.5 Å². The molecule has 10 heteroatoms. The number of hydrogen-bond acceptors (Lipinski definition) is 6. The zero-order valence-electron chi connectivity index (χ0n) is 15.7. The molecular formula is C20H16F3N3O4. The highest BCUT2D eigenvalue weighted by Gasteiger charge is 2.63. The monoisotopic (exact) mass is 419 g/mol. The normalized spacial score (nSPS) is 18.5. The molecule has 2 aromatic rings. The molecule has 1 atom stereocenters. The lowest BCUT2D eigenvalue weighted by molar-refractivity contribution is -0.302. The Kier molecular flexibility index (Phi) is 5.67. The molecule has 0 bridgehead atoms. The Labute approximate surface area is 169 Å². The van der Waals surface area contributed by atoms with Crippen LogP contribution in [0.25, 0.3) is 0 Å². The van der Waals surface area contributed by atoms with E-state index in [1.54, 1.807) is 24.3 Å². The number of nitriles is 1. The average Bonchev–Trinajstić information content (AvgIpc) is 3.11.